The number of rotatable bonds is 7. The lowest BCUT2D eigenvalue weighted by atomic mass is 10.0. The minimum Gasteiger partial charge on any atom is -0.372 e. The van der Waals surface area contributed by atoms with Crippen molar-refractivity contribution in [3.63, 3.8) is 0 Å². The van der Waals surface area contributed by atoms with Crippen LogP contribution in [0.4, 0.5) is 17.1 Å². The maximum absolute atomic E-state index is 12.6. The monoisotopic (exact) mass is 393 g/mol. The van der Waals surface area contributed by atoms with E-state index in [9.17, 15) is 9.59 Å². The van der Waals surface area contributed by atoms with Crippen LogP contribution in [0.15, 0.2) is 36.4 Å². The molecule has 2 aromatic carbocycles. The summed E-state index contributed by atoms with van der Waals surface area (Å²) in [5.41, 5.74) is 6.03. The van der Waals surface area contributed by atoms with Gasteiger partial charge in [-0.2, -0.15) is 0 Å². The fourth-order valence-electron chi connectivity index (χ4n) is 3.95. The van der Waals surface area contributed by atoms with Gasteiger partial charge in [0.15, 0.2) is 0 Å². The van der Waals surface area contributed by atoms with Crippen molar-refractivity contribution in [2.24, 2.45) is 11.8 Å². The predicted octanol–water partition coefficient (Wildman–Crippen LogP) is 4.67. The zero-order chi connectivity index (χ0) is 21.1. The molecule has 3 rings (SSSR count). The second kappa shape index (κ2) is 8.68. The van der Waals surface area contributed by atoms with Crippen LogP contribution in [0.3, 0.4) is 0 Å². The summed E-state index contributed by atoms with van der Waals surface area (Å²) in [5, 5.41) is 5.97. The van der Waals surface area contributed by atoms with E-state index < -0.39 is 0 Å². The maximum atomic E-state index is 12.6. The number of benzene rings is 2. The Morgan fingerprint density at radius 1 is 0.897 bits per heavy atom. The molecule has 0 aromatic heterocycles. The molecule has 1 aliphatic rings. The number of carbonyl (C=O) groups is 2. The molecule has 2 amide bonds. The van der Waals surface area contributed by atoms with Gasteiger partial charge in [-0.05, 0) is 76.4 Å². The van der Waals surface area contributed by atoms with Crippen LogP contribution < -0.4 is 15.5 Å². The number of anilines is 3. The molecule has 2 atom stereocenters. The van der Waals surface area contributed by atoms with Crippen LogP contribution in [0, 0.1) is 32.6 Å². The van der Waals surface area contributed by atoms with Gasteiger partial charge in [-0.25, -0.2) is 0 Å². The highest BCUT2D eigenvalue weighted by atomic mass is 16.2. The second-order valence-electron chi connectivity index (χ2n) is 7.92. The highest BCUT2D eigenvalue weighted by molar-refractivity contribution is 6.03. The fraction of sp³-hybridized carbons (Fsp3) is 0.417. The molecule has 1 saturated carbocycles. The molecule has 0 aliphatic heterocycles. The molecular weight excluding hydrogens is 362 g/mol. The topological polar surface area (TPSA) is 61.4 Å². The van der Waals surface area contributed by atoms with Gasteiger partial charge in [0.1, 0.15) is 0 Å². The quantitative estimate of drug-likeness (QED) is 0.718. The van der Waals surface area contributed by atoms with E-state index in [1.54, 1.807) is 0 Å². The molecule has 0 radical (unpaired) electrons. The number of carbonyl (C=O) groups excluding carboxylic acids is 2. The van der Waals surface area contributed by atoms with Crippen molar-refractivity contribution in [2.45, 2.75) is 41.0 Å². The number of amides is 2. The van der Waals surface area contributed by atoms with E-state index in [4.69, 9.17) is 0 Å². The zero-order valence-electron chi connectivity index (χ0n) is 18.0. The van der Waals surface area contributed by atoms with Crippen molar-refractivity contribution in [1.82, 2.24) is 0 Å². The van der Waals surface area contributed by atoms with Gasteiger partial charge in [-0.1, -0.05) is 17.7 Å². The van der Waals surface area contributed by atoms with Crippen LogP contribution in [0.5, 0.6) is 0 Å². The van der Waals surface area contributed by atoms with Gasteiger partial charge < -0.3 is 15.5 Å². The first kappa shape index (κ1) is 20.9. The third-order valence-electron chi connectivity index (χ3n) is 5.65. The highest BCUT2D eigenvalue weighted by Crippen LogP contribution is 2.40. The third-order valence-corrected chi connectivity index (χ3v) is 5.65. The summed E-state index contributed by atoms with van der Waals surface area (Å²) in [6.45, 7) is 12.2. The number of hydrogen-bond donors (Lipinski definition) is 2. The number of hydrogen-bond acceptors (Lipinski definition) is 3. The van der Waals surface area contributed by atoms with E-state index in [0.717, 1.165) is 41.3 Å². The fourth-order valence-corrected chi connectivity index (χ4v) is 3.95. The minimum absolute atomic E-state index is 0.0721. The average molecular weight is 394 g/mol. The molecule has 154 valence electrons. The van der Waals surface area contributed by atoms with Crippen molar-refractivity contribution in [1.29, 1.82) is 0 Å². The largest absolute Gasteiger partial charge is 0.372 e. The van der Waals surface area contributed by atoms with E-state index >= 15 is 0 Å². The summed E-state index contributed by atoms with van der Waals surface area (Å²) >= 11 is 0. The molecule has 2 N–H and O–H groups in total. The lowest BCUT2D eigenvalue weighted by molar-refractivity contribution is -0.122. The van der Waals surface area contributed by atoms with Crippen LogP contribution >= 0.6 is 0 Å². The van der Waals surface area contributed by atoms with Crippen LogP contribution in [0.1, 0.15) is 37.0 Å². The number of nitrogens with zero attached hydrogens (tertiary/aromatic N) is 1. The zero-order valence-corrected chi connectivity index (χ0v) is 18.0. The molecule has 5 heteroatoms. The molecule has 1 fully saturated rings. The van der Waals surface area contributed by atoms with Crippen molar-refractivity contribution >= 4 is 28.9 Å². The smallest absolute Gasteiger partial charge is 0.228 e. The van der Waals surface area contributed by atoms with E-state index in [1.165, 1.54) is 5.56 Å². The Morgan fingerprint density at radius 3 is 1.93 bits per heavy atom. The molecule has 0 saturated heterocycles. The Balaban J connectivity index is 1.57. The van der Waals surface area contributed by atoms with E-state index in [0.29, 0.717) is 6.42 Å². The van der Waals surface area contributed by atoms with Crippen molar-refractivity contribution < 1.29 is 9.59 Å². The Bertz CT molecular complexity index is 878. The van der Waals surface area contributed by atoms with Crippen molar-refractivity contribution in [3.05, 3.63) is 53.1 Å². The van der Waals surface area contributed by atoms with Gasteiger partial charge >= 0.3 is 0 Å². The normalized spacial score (nSPS) is 17.6. The molecule has 1 aliphatic carbocycles. The summed E-state index contributed by atoms with van der Waals surface area (Å²) in [7, 11) is 0. The molecular formula is C24H31N3O2. The van der Waals surface area contributed by atoms with E-state index in [1.807, 2.05) is 45.0 Å². The molecule has 0 heterocycles. The van der Waals surface area contributed by atoms with E-state index in [-0.39, 0.29) is 23.7 Å². The Hall–Kier alpha value is -2.82. The van der Waals surface area contributed by atoms with Crippen LogP contribution in [0.2, 0.25) is 0 Å². The first-order chi connectivity index (χ1) is 13.8. The number of nitrogens with one attached hydrogen (secondary N) is 2. The van der Waals surface area contributed by atoms with Crippen LogP contribution in [-0.2, 0) is 9.59 Å². The molecule has 0 bridgehead atoms. The Kier molecular flexibility index (Phi) is 6.26. The standard InChI is InChI=1S/C24H31N3O2/c1-6-27(7-2)19-10-8-18(9-11-19)25-23(28)20-14-21(20)24(29)26-22-16(4)12-15(3)13-17(22)5/h8-13,20-21H,6-7,14H2,1-5H3,(H,25,28)(H,26,29). The van der Waals surface area contributed by atoms with Gasteiger partial charge in [0.25, 0.3) is 0 Å². The number of aryl methyl sites for hydroxylation is 3. The van der Waals surface area contributed by atoms with Gasteiger partial charge in [-0.3, -0.25) is 9.59 Å². The van der Waals surface area contributed by atoms with Crippen LogP contribution in [-0.4, -0.2) is 24.9 Å². The summed E-state index contributed by atoms with van der Waals surface area (Å²) in [6, 6.07) is 12.0. The van der Waals surface area contributed by atoms with Gasteiger partial charge in [0.05, 0.1) is 11.8 Å². The first-order valence-corrected chi connectivity index (χ1v) is 10.4. The summed E-state index contributed by atoms with van der Waals surface area (Å²) < 4.78 is 0. The first-order valence-electron chi connectivity index (χ1n) is 10.4. The molecule has 0 spiro atoms. The average Bonchev–Trinajstić information content (AvgIpc) is 3.48. The van der Waals surface area contributed by atoms with Crippen molar-refractivity contribution in [3.8, 4) is 0 Å². The third kappa shape index (κ3) is 4.78. The minimum atomic E-state index is -0.261. The Morgan fingerprint density at radius 2 is 1.41 bits per heavy atom. The predicted molar refractivity (Wildman–Crippen MR) is 120 cm³/mol. The summed E-state index contributed by atoms with van der Waals surface area (Å²) in [5.74, 6) is -0.677. The SMILES string of the molecule is CCN(CC)c1ccc(NC(=O)C2CC2C(=O)Nc2c(C)cc(C)cc2C)cc1. The molecule has 29 heavy (non-hydrogen) atoms. The summed E-state index contributed by atoms with van der Waals surface area (Å²) in [6.07, 6.45) is 0.596. The van der Waals surface area contributed by atoms with E-state index in [2.05, 4.69) is 41.5 Å². The lowest BCUT2D eigenvalue weighted by Crippen LogP contribution is -2.22. The van der Waals surface area contributed by atoms with Gasteiger partial charge in [0.2, 0.25) is 11.8 Å². The summed E-state index contributed by atoms with van der Waals surface area (Å²) in [4.78, 5) is 27.4. The lowest BCUT2D eigenvalue weighted by Gasteiger charge is -2.21. The molecule has 2 unspecified atom stereocenters. The Labute approximate surface area is 173 Å². The van der Waals surface area contributed by atoms with Crippen LogP contribution in [0.25, 0.3) is 0 Å². The van der Waals surface area contributed by atoms with Gasteiger partial charge in [0, 0.05) is 30.2 Å². The van der Waals surface area contributed by atoms with Crippen molar-refractivity contribution in [2.75, 3.05) is 28.6 Å². The maximum Gasteiger partial charge on any atom is 0.228 e. The molecule has 2 aromatic rings. The highest BCUT2D eigenvalue weighted by Gasteiger charge is 2.48. The van der Waals surface area contributed by atoms with Gasteiger partial charge in [-0.15, -0.1) is 0 Å². The molecule has 5 nitrogen and oxygen atoms in total. The second-order valence-corrected chi connectivity index (χ2v) is 7.92.